The van der Waals surface area contributed by atoms with E-state index in [9.17, 15) is 10.2 Å². The fourth-order valence-electron chi connectivity index (χ4n) is 7.09. The average molecular weight is 310 g/mol. The van der Waals surface area contributed by atoms with Crippen LogP contribution in [-0.4, -0.2) is 28.1 Å². The van der Waals surface area contributed by atoms with Crippen LogP contribution in [0.2, 0.25) is 0 Å². The summed E-state index contributed by atoms with van der Waals surface area (Å²) in [5.74, 6) is 0.818. The Morgan fingerprint density at radius 3 is 2.36 bits per heavy atom. The van der Waals surface area contributed by atoms with E-state index in [0.29, 0.717) is 18.3 Å². The van der Waals surface area contributed by atoms with E-state index in [0.717, 1.165) is 51.4 Å². The van der Waals surface area contributed by atoms with Crippen molar-refractivity contribution in [2.75, 3.05) is 0 Å². The molecule has 4 fully saturated rings. The van der Waals surface area contributed by atoms with Gasteiger partial charge in [0, 0.05) is 5.41 Å². The Balaban J connectivity index is 1.69. The van der Waals surface area contributed by atoms with Crippen molar-refractivity contribution < 1.29 is 14.6 Å². The zero-order valence-corrected chi connectivity index (χ0v) is 14.0. The van der Waals surface area contributed by atoms with E-state index >= 15 is 4.39 Å². The van der Waals surface area contributed by atoms with Crippen LogP contribution in [0.5, 0.6) is 0 Å². The molecule has 3 heteroatoms. The summed E-state index contributed by atoms with van der Waals surface area (Å²) in [6, 6.07) is 0. The van der Waals surface area contributed by atoms with Gasteiger partial charge in [0.1, 0.15) is 5.67 Å². The van der Waals surface area contributed by atoms with Gasteiger partial charge in [-0.1, -0.05) is 13.8 Å². The van der Waals surface area contributed by atoms with E-state index < -0.39 is 5.67 Å². The third-order valence-electron chi connectivity index (χ3n) is 8.69. The van der Waals surface area contributed by atoms with Crippen LogP contribution in [0.25, 0.3) is 0 Å². The van der Waals surface area contributed by atoms with E-state index in [1.807, 2.05) is 0 Å². The number of halogens is 1. The van der Waals surface area contributed by atoms with Gasteiger partial charge in [-0.15, -0.1) is 0 Å². The second kappa shape index (κ2) is 4.69. The molecule has 2 N–H and O–H groups in total. The highest BCUT2D eigenvalue weighted by Crippen LogP contribution is 2.69. The smallest absolute Gasteiger partial charge is 0.119 e. The first-order valence-corrected chi connectivity index (χ1v) is 9.36. The lowest BCUT2D eigenvalue weighted by molar-refractivity contribution is -0.205. The number of hydrogen-bond donors (Lipinski definition) is 2. The van der Waals surface area contributed by atoms with Crippen LogP contribution in [0.3, 0.4) is 0 Å². The second-order valence-electron chi connectivity index (χ2n) is 9.29. The van der Waals surface area contributed by atoms with Crippen LogP contribution in [0.1, 0.15) is 71.6 Å². The van der Waals surface area contributed by atoms with Crippen molar-refractivity contribution in [3.8, 4) is 0 Å². The van der Waals surface area contributed by atoms with Crippen LogP contribution in [0.4, 0.5) is 4.39 Å². The van der Waals surface area contributed by atoms with Crippen LogP contribution in [0, 0.1) is 28.6 Å². The topological polar surface area (TPSA) is 40.5 Å². The second-order valence-corrected chi connectivity index (χ2v) is 9.29. The first-order valence-electron chi connectivity index (χ1n) is 9.36. The van der Waals surface area contributed by atoms with Crippen LogP contribution in [0.15, 0.2) is 0 Å². The molecule has 0 aromatic heterocycles. The predicted molar refractivity (Wildman–Crippen MR) is 84.1 cm³/mol. The molecule has 4 aliphatic rings. The molecule has 0 amide bonds. The Morgan fingerprint density at radius 1 is 0.864 bits per heavy atom. The molecule has 0 aromatic rings. The van der Waals surface area contributed by atoms with Crippen molar-refractivity contribution in [3.05, 3.63) is 0 Å². The molecule has 4 aliphatic carbocycles. The van der Waals surface area contributed by atoms with Gasteiger partial charge in [-0.05, 0) is 81.0 Å². The molecule has 4 saturated carbocycles. The molecule has 0 bridgehead atoms. The number of aliphatic hydroxyl groups is 2. The lowest BCUT2D eigenvalue weighted by atomic mass is 9.43. The molecule has 0 aromatic carbocycles. The number of hydrogen-bond acceptors (Lipinski definition) is 2. The van der Waals surface area contributed by atoms with Crippen molar-refractivity contribution in [3.63, 3.8) is 0 Å². The summed E-state index contributed by atoms with van der Waals surface area (Å²) in [6.07, 6.45) is 7.24. The number of fused-ring (bicyclic) bond motifs is 5. The lowest BCUT2D eigenvalue weighted by Crippen LogP contribution is -2.63. The summed E-state index contributed by atoms with van der Waals surface area (Å²) < 4.78 is 16.4. The van der Waals surface area contributed by atoms with Gasteiger partial charge in [-0.3, -0.25) is 0 Å². The summed E-state index contributed by atoms with van der Waals surface area (Å²) >= 11 is 0. The summed E-state index contributed by atoms with van der Waals surface area (Å²) in [7, 11) is 0. The van der Waals surface area contributed by atoms with Crippen molar-refractivity contribution >= 4 is 0 Å². The highest BCUT2D eigenvalue weighted by Gasteiger charge is 2.68. The fraction of sp³-hybridized carbons (Fsp3) is 1.00. The van der Waals surface area contributed by atoms with Gasteiger partial charge in [-0.2, -0.15) is 0 Å². The molecule has 22 heavy (non-hydrogen) atoms. The maximum Gasteiger partial charge on any atom is 0.119 e. The molecule has 0 heterocycles. The molecular weight excluding hydrogens is 279 g/mol. The minimum atomic E-state index is -1.08. The van der Waals surface area contributed by atoms with Crippen molar-refractivity contribution in [2.24, 2.45) is 28.6 Å². The van der Waals surface area contributed by atoms with Crippen molar-refractivity contribution in [1.29, 1.82) is 0 Å². The Morgan fingerprint density at radius 2 is 1.59 bits per heavy atom. The standard InChI is InChI=1S/C19H31FO2/c1-17-9-10-19(20)15(14(17)5-6-16(17)22)4-3-12-11-13(21)7-8-18(12,19)2/h12-16,21-22H,3-11H2,1-2H3/t12?,13?,14-,15-,16?,17-,18-,19-/m0/s1. The fourth-order valence-corrected chi connectivity index (χ4v) is 7.09. The Hall–Kier alpha value is -0.150. The van der Waals surface area contributed by atoms with Gasteiger partial charge in [0.25, 0.3) is 0 Å². The third-order valence-corrected chi connectivity index (χ3v) is 8.69. The highest BCUT2D eigenvalue weighted by molar-refractivity contribution is 5.17. The molecule has 126 valence electrons. The van der Waals surface area contributed by atoms with E-state index in [4.69, 9.17) is 0 Å². The molecule has 8 atom stereocenters. The van der Waals surface area contributed by atoms with Gasteiger partial charge >= 0.3 is 0 Å². The lowest BCUT2D eigenvalue weighted by Gasteiger charge is -2.63. The number of alkyl halides is 1. The van der Waals surface area contributed by atoms with Gasteiger partial charge in [0.05, 0.1) is 12.2 Å². The molecule has 3 unspecified atom stereocenters. The van der Waals surface area contributed by atoms with Crippen molar-refractivity contribution in [2.45, 2.75) is 89.5 Å². The van der Waals surface area contributed by atoms with Gasteiger partial charge in [0.2, 0.25) is 0 Å². The predicted octanol–water partition coefficient (Wildman–Crippen LogP) is 3.84. The molecule has 0 radical (unpaired) electrons. The summed E-state index contributed by atoms with van der Waals surface area (Å²) in [4.78, 5) is 0. The zero-order chi connectivity index (χ0) is 15.8. The molecular formula is C19H31FO2. The van der Waals surface area contributed by atoms with E-state index in [-0.39, 0.29) is 29.0 Å². The molecule has 4 rings (SSSR count). The quantitative estimate of drug-likeness (QED) is 0.713. The first kappa shape index (κ1) is 15.4. The van der Waals surface area contributed by atoms with Gasteiger partial charge in [-0.25, -0.2) is 4.39 Å². The van der Waals surface area contributed by atoms with E-state index in [1.54, 1.807) is 0 Å². The van der Waals surface area contributed by atoms with Crippen molar-refractivity contribution in [1.82, 2.24) is 0 Å². The van der Waals surface area contributed by atoms with E-state index in [1.165, 1.54) is 0 Å². The van der Waals surface area contributed by atoms with Crippen LogP contribution in [-0.2, 0) is 0 Å². The monoisotopic (exact) mass is 310 g/mol. The Kier molecular flexibility index (Phi) is 3.28. The molecule has 0 saturated heterocycles. The van der Waals surface area contributed by atoms with Gasteiger partial charge < -0.3 is 10.2 Å². The SMILES string of the molecule is C[C@]12CCC(O)CC1CC[C@H]1[C@@H]3CCC(O)[C@@]3(C)CC[C@]12F. The summed E-state index contributed by atoms with van der Waals surface area (Å²) in [5.41, 5.74) is -1.40. The third kappa shape index (κ3) is 1.73. The molecule has 0 spiro atoms. The Labute approximate surface area is 133 Å². The first-order chi connectivity index (χ1) is 10.3. The minimum absolute atomic E-state index is 0.0579. The summed E-state index contributed by atoms with van der Waals surface area (Å²) in [5, 5.41) is 20.4. The average Bonchev–Trinajstić information content (AvgIpc) is 2.77. The maximum absolute atomic E-state index is 16.4. The summed E-state index contributed by atoms with van der Waals surface area (Å²) in [6.45, 7) is 4.37. The minimum Gasteiger partial charge on any atom is -0.393 e. The molecule has 2 nitrogen and oxygen atoms in total. The van der Waals surface area contributed by atoms with Crippen LogP contribution < -0.4 is 0 Å². The largest absolute Gasteiger partial charge is 0.393 e. The highest BCUT2D eigenvalue weighted by atomic mass is 19.1. The Bertz CT molecular complexity index is 468. The number of rotatable bonds is 0. The van der Waals surface area contributed by atoms with Gasteiger partial charge in [0.15, 0.2) is 0 Å². The molecule has 0 aliphatic heterocycles. The zero-order valence-electron chi connectivity index (χ0n) is 14.0. The normalized spacial score (nSPS) is 61.2. The number of aliphatic hydroxyl groups excluding tert-OH is 2. The van der Waals surface area contributed by atoms with Crippen LogP contribution >= 0.6 is 0 Å². The maximum atomic E-state index is 16.4. The van der Waals surface area contributed by atoms with E-state index in [2.05, 4.69) is 13.8 Å².